The first-order valence-corrected chi connectivity index (χ1v) is 10.5. The molecule has 0 radical (unpaired) electrons. The summed E-state index contributed by atoms with van der Waals surface area (Å²) < 4.78 is 27.1. The van der Waals surface area contributed by atoms with Gasteiger partial charge in [-0.05, 0) is 55.0 Å². The van der Waals surface area contributed by atoms with Gasteiger partial charge in [0.2, 0.25) is 5.75 Å². The molecule has 10 heteroatoms. The van der Waals surface area contributed by atoms with Crippen molar-refractivity contribution in [1.82, 2.24) is 10.4 Å². The number of aromatic nitrogens is 1. The van der Waals surface area contributed by atoms with Gasteiger partial charge in [-0.1, -0.05) is 0 Å². The Balaban J connectivity index is 1.78. The number of esters is 1. The van der Waals surface area contributed by atoms with Crippen LogP contribution in [0.15, 0.2) is 60.0 Å². The summed E-state index contributed by atoms with van der Waals surface area (Å²) in [6, 6.07) is 11.2. The molecule has 0 atom stereocenters. The standard InChI is InChI=1S/C25H25N3O7/c1-5-34-20-11-16(14-27-28-24(29)17-7-6-10-26-15-17)8-9-19(20)35-25(30)18-12-21(31-2)23(33-4)22(13-18)32-3/h6-15H,5H2,1-4H3,(H,28,29). The van der Waals surface area contributed by atoms with E-state index < -0.39 is 11.9 Å². The first-order chi connectivity index (χ1) is 17.0. The fourth-order valence-corrected chi connectivity index (χ4v) is 3.04. The van der Waals surface area contributed by atoms with Crippen LogP contribution in [0.4, 0.5) is 0 Å². The van der Waals surface area contributed by atoms with Crippen LogP contribution in [0, 0.1) is 0 Å². The van der Waals surface area contributed by atoms with Crippen molar-refractivity contribution in [3.63, 3.8) is 0 Å². The maximum atomic E-state index is 12.9. The van der Waals surface area contributed by atoms with Gasteiger partial charge in [-0.15, -0.1) is 0 Å². The van der Waals surface area contributed by atoms with E-state index in [4.69, 9.17) is 23.7 Å². The van der Waals surface area contributed by atoms with Gasteiger partial charge >= 0.3 is 5.97 Å². The summed E-state index contributed by atoms with van der Waals surface area (Å²) in [5.74, 6) is 0.511. The molecule has 0 unspecified atom stereocenters. The molecule has 0 fully saturated rings. The predicted octanol–water partition coefficient (Wildman–Crippen LogP) is 3.49. The summed E-state index contributed by atoms with van der Waals surface area (Å²) in [5.41, 5.74) is 3.63. The van der Waals surface area contributed by atoms with Crippen LogP contribution in [-0.4, -0.2) is 51.0 Å². The lowest BCUT2D eigenvalue weighted by molar-refractivity contribution is 0.0727. The van der Waals surface area contributed by atoms with Gasteiger partial charge in [0.05, 0.1) is 45.3 Å². The summed E-state index contributed by atoms with van der Waals surface area (Å²) in [7, 11) is 4.39. The fourth-order valence-electron chi connectivity index (χ4n) is 3.04. The number of hydrazone groups is 1. The van der Waals surface area contributed by atoms with E-state index in [9.17, 15) is 9.59 Å². The van der Waals surface area contributed by atoms with Crippen LogP contribution < -0.4 is 29.1 Å². The Morgan fingerprint density at radius 2 is 1.69 bits per heavy atom. The van der Waals surface area contributed by atoms with E-state index in [1.54, 1.807) is 43.5 Å². The zero-order valence-corrected chi connectivity index (χ0v) is 19.7. The van der Waals surface area contributed by atoms with Gasteiger partial charge in [-0.2, -0.15) is 5.10 Å². The van der Waals surface area contributed by atoms with Crippen molar-refractivity contribution in [2.24, 2.45) is 5.10 Å². The molecule has 2 aromatic carbocycles. The zero-order chi connectivity index (χ0) is 25.2. The van der Waals surface area contributed by atoms with Crippen molar-refractivity contribution in [2.75, 3.05) is 27.9 Å². The van der Waals surface area contributed by atoms with E-state index in [1.165, 1.54) is 45.9 Å². The first-order valence-electron chi connectivity index (χ1n) is 10.5. The van der Waals surface area contributed by atoms with E-state index in [2.05, 4.69) is 15.5 Å². The second-order valence-corrected chi connectivity index (χ2v) is 6.88. The number of rotatable bonds is 10. The van der Waals surface area contributed by atoms with E-state index >= 15 is 0 Å². The third-order valence-electron chi connectivity index (χ3n) is 4.67. The van der Waals surface area contributed by atoms with Crippen molar-refractivity contribution >= 4 is 18.1 Å². The number of hydrogen-bond donors (Lipinski definition) is 1. The molecule has 0 saturated heterocycles. The highest BCUT2D eigenvalue weighted by molar-refractivity contribution is 5.95. The molecule has 35 heavy (non-hydrogen) atoms. The number of nitrogens with one attached hydrogen (secondary N) is 1. The molecular formula is C25H25N3O7. The lowest BCUT2D eigenvalue weighted by atomic mass is 10.1. The number of amides is 1. The van der Waals surface area contributed by atoms with Gasteiger partial charge in [0.1, 0.15) is 0 Å². The summed E-state index contributed by atoms with van der Waals surface area (Å²) in [4.78, 5) is 28.8. The molecule has 0 spiro atoms. The number of ether oxygens (including phenoxy) is 5. The van der Waals surface area contributed by atoms with Gasteiger partial charge in [0.15, 0.2) is 23.0 Å². The second kappa shape index (κ2) is 12.0. The van der Waals surface area contributed by atoms with Crippen molar-refractivity contribution < 1.29 is 33.3 Å². The van der Waals surface area contributed by atoms with Crippen molar-refractivity contribution in [3.8, 4) is 28.7 Å². The van der Waals surface area contributed by atoms with Crippen LogP contribution in [0.3, 0.4) is 0 Å². The summed E-state index contributed by atoms with van der Waals surface area (Å²) >= 11 is 0. The number of methoxy groups -OCH3 is 3. The largest absolute Gasteiger partial charge is 0.493 e. The molecule has 1 amide bonds. The highest BCUT2D eigenvalue weighted by Gasteiger charge is 2.20. The molecule has 0 aliphatic rings. The Morgan fingerprint density at radius 3 is 2.29 bits per heavy atom. The Hall–Kier alpha value is -4.60. The number of hydrogen-bond acceptors (Lipinski definition) is 9. The second-order valence-electron chi connectivity index (χ2n) is 6.88. The SMILES string of the molecule is CCOc1cc(C=NNC(=O)c2cccnc2)ccc1OC(=O)c1cc(OC)c(OC)c(OC)c1. The highest BCUT2D eigenvalue weighted by atomic mass is 16.6. The molecule has 0 bridgehead atoms. The Labute approximate surface area is 202 Å². The average Bonchev–Trinajstić information content (AvgIpc) is 2.89. The monoisotopic (exact) mass is 479 g/mol. The molecule has 1 heterocycles. The Kier molecular flexibility index (Phi) is 8.60. The maximum absolute atomic E-state index is 12.9. The summed E-state index contributed by atoms with van der Waals surface area (Å²) in [6.07, 6.45) is 4.46. The van der Waals surface area contributed by atoms with E-state index in [0.717, 1.165) is 0 Å². The molecule has 10 nitrogen and oxygen atoms in total. The van der Waals surface area contributed by atoms with Crippen LogP contribution in [-0.2, 0) is 0 Å². The number of pyridine rings is 1. The summed E-state index contributed by atoms with van der Waals surface area (Å²) in [5, 5.41) is 3.96. The van der Waals surface area contributed by atoms with Gasteiger partial charge in [0.25, 0.3) is 5.91 Å². The van der Waals surface area contributed by atoms with E-state index in [1.807, 2.05) is 0 Å². The average molecular weight is 479 g/mol. The van der Waals surface area contributed by atoms with Crippen LogP contribution in [0.25, 0.3) is 0 Å². The molecule has 0 saturated carbocycles. The van der Waals surface area contributed by atoms with Crippen molar-refractivity contribution in [3.05, 3.63) is 71.5 Å². The van der Waals surface area contributed by atoms with Gasteiger partial charge in [-0.25, -0.2) is 10.2 Å². The first kappa shape index (κ1) is 25.0. The lowest BCUT2D eigenvalue weighted by Gasteiger charge is -2.15. The van der Waals surface area contributed by atoms with E-state index in [-0.39, 0.29) is 11.3 Å². The van der Waals surface area contributed by atoms with E-state index in [0.29, 0.717) is 40.7 Å². The van der Waals surface area contributed by atoms with Crippen LogP contribution in [0.1, 0.15) is 33.2 Å². The number of benzene rings is 2. The number of carbonyl (C=O) groups excluding carboxylic acids is 2. The molecule has 0 aliphatic carbocycles. The zero-order valence-electron chi connectivity index (χ0n) is 19.7. The molecule has 1 aromatic heterocycles. The Morgan fingerprint density at radius 1 is 0.943 bits per heavy atom. The van der Waals surface area contributed by atoms with Crippen LogP contribution in [0.5, 0.6) is 28.7 Å². The van der Waals surface area contributed by atoms with Crippen molar-refractivity contribution in [1.29, 1.82) is 0 Å². The van der Waals surface area contributed by atoms with Gasteiger partial charge in [-0.3, -0.25) is 9.78 Å². The fraction of sp³-hybridized carbons (Fsp3) is 0.200. The molecule has 3 aromatic rings. The molecular weight excluding hydrogens is 454 g/mol. The minimum absolute atomic E-state index is 0.200. The molecule has 0 aliphatic heterocycles. The lowest BCUT2D eigenvalue weighted by Crippen LogP contribution is -2.17. The van der Waals surface area contributed by atoms with Crippen LogP contribution in [0.2, 0.25) is 0 Å². The third kappa shape index (κ3) is 6.26. The topological polar surface area (TPSA) is 118 Å². The predicted molar refractivity (Wildman–Crippen MR) is 128 cm³/mol. The van der Waals surface area contributed by atoms with Crippen molar-refractivity contribution in [2.45, 2.75) is 6.92 Å². The quantitative estimate of drug-likeness (QED) is 0.203. The van der Waals surface area contributed by atoms with Gasteiger partial charge < -0.3 is 23.7 Å². The number of nitrogens with zero attached hydrogens (tertiary/aromatic N) is 2. The van der Waals surface area contributed by atoms with Crippen LogP contribution >= 0.6 is 0 Å². The molecule has 182 valence electrons. The number of carbonyl (C=O) groups is 2. The smallest absolute Gasteiger partial charge is 0.343 e. The maximum Gasteiger partial charge on any atom is 0.343 e. The minimum Gasteiger partial charge on any atom is -0.493 e. The Bertz CT molecular complexity index is 1190. The third-order valence-corrected chi connectivity index (χ3v) is 4.67. The summed E-state index contributed by atoms with van der Waals surface area (Å²) in [6.45, 7) is 2.15. The van der Waals surface area contributed by atoms with Gasteiger partial charge in [0, 0.05) is 12.4 Å². The minimum atomic E-state index is -0.643. The molecule has 1 N–H and O–H groups in total. The molecule has 3 rings (SSSR count). The normalized spacial score (nSPS) is 10.5. The highest BCUT2D eigenvalue weighted by Crippen LogP contribution is 2.38.